The second-order valence-corrected chi connectivity index (χ2v) is 9.20. The third-order valence-electron chi connectivity index (χ3n) is 6.80. The molecule has 2 N–H and O–H groups in total. The lowest BCUT2D eigenvalue weighted by atomic mass is 9.93. The largest absolute Gasteiger partial charge is 0.491 e. The van der Waals surface area contributed by atoms with Crippen molar-refractivity contribution < 1.29 is 9.47 Å². The van der Waals surface area contributed by atoms with Crippen molar-refractivity contribution in [1.29, 1.82) is 0 Å². The van der Waals surface area contributed by atoms with Crippen LogP contribution in [0.2, 0.25) is 0 Å². The van der Waals surface area contributed by atoms with Crippen LogP contribution in [-0.4, -0.2) is 58.3 Å². The lowest BCUT2D eigenvalue weighted by molar-refractivity contribution is -0.0465. The minimum atomic E-state index is 0.0759. The molecule has 0 amide bonds. The Labute approximate surface area is 182 Å². The zero-order chi connectivity index (χ0) is 20.9. The van der Waals surface area contributed by atoms with Gasteiger partial charge >= 0.3 is 0 Å². The molecule has 0 spiro atoms. The summed E-state index contributed by atoms with van der Waals surface area (Å²) >= 11 is 0. The van der Waals surface area contributed by atoms with Crippen molar-refractivity contribution in [3.8, 4) is 5.75 Å². The molecule has 1 aliphatic carbocycles. The van der Waals surface area contributed by atoms with E-state index in [2.05, 4.69) is 63.3 Å². The molecule has 0 radical (unpaired) electrons. The van der Waals surface area contributed by atoms with Gasteiger partial charge in [-0.25, -0.2) is 9.97 Å². The van der Waals surface area contributed by atoms with E-state index in [1.807, 2.05) is 0 Å². The lowest BCUT2D eigenvalue weighted by Crippen LogP contribution is -2.54. The van der Waals surface area contributed by atoms with Gasteiger partial charge in [-0.1, -0.05) is 12.1 Å². The molecule has 31 heavy (non-hydrogen) atoms. The topological polar surface area (TPSA) is 75.3 Å². The molecule has 7 nitrogen and oxygen atoms in total. The predicted molar refractivity (Wildman–Crippen MR) is 120 cm³/mol. The molecule has 2 aliphatic heterocycles. The molecule has 3 aromatic rings. The Morgan fingerprint density at radius 1 is 1.19 bits per heavy atom. The van der Waals surface area contributed by atoms with E-state index in [0.29, 0.717) is 12.5 Å². The molecular weight excluding hydrogens is 390 g/mol. The second-order valence-electron chi connectivity index (χ2n) is 9.20. The van der Waals surface area contributed by atoms with Gasteiger partial charge in [-0.3, -0.25) is 4.90 Å². The SMILES string of the molecule is Cc1ccc2c(c1)OC[C@@H](N1CCO[C@@H](C)C1)[C@@H]2Nc1ncnc2[nH]c(C3CC3)cc12. The van der Waals surface area contributed by atoms with Crippen LogP contribution in [0.15, 0.2) is 30.6 Å². The Morgan fingerprint density at radius 2 is 2.10 bits per heavy atom. The minimum Gasteiger partial charge on any atom is -0.491 e. The first kappa shape index (κ1) is 19.1. The van der Waals surface area contributed by atoms with E-state index in [1.54, 1.807) is 6.33 Å². The average molecular weight is 420 g/mol. The average Bonchev–Trinajstić information content (AvgIpc) is 3.52. The van der Waals surface area contributed by atoms with Crippen LogP contribution in [0.4, 0.5) is 5.82 Å². The number of anilines is 1. The Hall–Kier alpha value is -2.64. The van der Waals surface area contributed by atoms with Crippen LogP contribution < -0.4 is 10.1 Å². The van der Waals surface area contributed by atoms with E-state index >= 15 is 0 Å². The van der Waals surface area contributed by atoms with Crippen molar-refractivity contribution in [3.63, 3.8) is 0 Å². The number of aromatic nitrogens is 3. The van der Waals surface area contributed by atoms with Gasteiger partial charge in [0.2, 0.25) is 0 Å². The number of morpholine rings is 1. The fourth-order valence-electron chi connectivity index (χ4n) is 4.98. The Bertz CT molecular complexity index is 1110. The molecule has 1 saturated heterocycles. The van der Waals surface area contributed by atoms with Gasteiger partial charge in [-0.2, -0.15) is 0 Å². The van der Waals surface area contributed by atoms with Crippen molar-refractivity contribution in [2.75, 3.05) is 31.6 Å². The summed E-state index contributed by atoms with van der Waals surface area (Å²) in [7, 11) is 0. The summed E-state index contributed by atoms with van der Waals surface area (Å²) < 4.78 is 12.0. The Balaban J connectivity index is 1.39. The third-order valence-corrected chi connectivity index (χ3v) is 6.80. The molecule has 1 saturated carbocycles. The molecule has 1 aromatic carbocycles. The van der Waals surface area contributed by atoms with Gasteiger partial charge in [-0.15, -0.1) is 0 Å². The van der Waals surface area contributed by atoms with Crippen molar-refractivity contribution in [3.05, 3.63) is 47.4 Å². The van der Waals surface area contributed by atoms with E-state index in [0.717, 1.165) is 42.3 Å². The molecule has 3 aliphatic rings. The smallest absolute Gasteiger partial charge is 0.143 e. The van der Waals surface area contributed by atoms with Gasteiger partial charge < -0.3 is 19.8 Å². The first-order valence-electron chi connectivity index (χ1n) is 11.3. The molecule has 0 unspecified atom stereocenters. The number of aromatic amines is 1. The second kappa shape index (κ2) is 7.50. The van der Waals surface area contributed by atoms with E-state index in [9.17, 15) is 0 Å². The fourth-order valence-corrected chi connectivity index (χ4v) is 4.98. The number of benzene rings is 1. The summed E-state index contributed by atoms with van der Waals surface area (Å²) in [5.41, 5.74) is 4.58. The summed E-state index contributed by atoms with van der Waals surface area (Å²) in [5.74, 6) is 2.50. The van der Waals surface area contributed by atoms with Gasteiger partial charge in [0.15, 0.2) is 0 Å². The molecule has 6 rings (SSSR count). The summed E-state index contributed by atoms with van der Waals surface area (Å²) in [6, 6.07) is 9.01. The zero-order valence-electron chi connectivity index (χ0n) is 18.1. The van der Waals surface area contributed by atoms with Crippen LogP contribution >= 0.6 is 0 Å². The van der Waals surface area contributed by atoms with Crippen LogP contribution in [0.3, 0.4) is 0 Å². The van der Waals surface area contributed by atoms with Crippen LogP contribution in [-0.2, 0) is 4.74 Å². The number of H-pyrrole nitrogens is 1. The van der Waals surface area contributed by atoms with Gasteiger partial charge in [0.05, 0.1) is 30.2 Å². The van der Waals surface area contributed by atoms with Gasteiger partial charge in [-0.05, 0) is 50.3 Å². The predicted octanol–water partition coefficient (Wildman–Crippen LogP) is 3.78. The molecule has 2 fully saturated rings. The number of ether oxygens (including phenoxy) is 2. The summed E-state index contributed by atoms with van der Waals surface area (Å²) in [4.78, 5) is 15.1. The van der Waals surface area contributed by atoms with E-state index < -0.39 is 0 Å². The number of nitrogens with one attached hydrogen (secondary N) is 2. The maximum Gasteiger partial charge on any atom is 0.143 e. The van der Waals surface area contributed by atoms with Gasteiger partial charge in [0.1, 0.15) is 30.1 Å². The third kappa shape index (κ3) is 3.55. The maximum absolute atomic E-state index is 6.24. The lowest BCUT2D eigenvalue weighted by Gasteiger charge is -2.43. The number of hydrogen-bond donors (Lipinski definition) is 2. The van der Waals surface area contributed by atoms with Gasteiger partial charge in [0, 0.05) is 24.3 Å². The number of nitrogens with zero attached hydrogens (tertiary/aromatic N) is 3. The van der Waals surface area contributed by atoms with Crippen molar-refractivity contribution >= 4 is 16.9 Å². The summed E-state index contributed by atoms with van der Waals surface area (Å²) in [5, 5.41) is 4.87. The quantitative estimate of drug-likeness (QED) is 0.670. The number of rotatable bonds is 4. The van der Waals surface area contributed by atoms with E-state index in [4.69, 9.17) is 9.47 Å². The first-order valence-corrected chi connectivity index (χ1v) is 11.3. The number of fused-ring (bicyclic) bond motifs is 2. The normalized spacial score (nSPS) is 26.5. The molecule has 162 valence electrons. The Kier molecular flexibility index (Phi) is 4.61. The minimum absolute atomic E-state index is 0.0759. The molecule has 2 aromatic heterocycles. The molecule has 4 heterocycles. The molecule has 7 heteroatoms. The van der Waals surface area contributed by atoms with Crippen LogP contribution in [0.5, 0.6) is 5.75 Å². The zero-order valence-corrected chi connectivity index (χ0v) is 18.1. The van der Waals surface area contributed by atoms with E-state index in [1.165, 1.54) is 29.7 Å². The highest BCUT2D eigenvalue weighted by Gasteiger charge is 2.37. The van der Waals surface area contributed by atoms with Crippen LogP contribution in [0, 0.1) is 6.92 Å². The van der Waals surface area contributed by atoms with Crippen LogP contribution in [0.25, 0.3) is 11.0 Å². The number of aryl methyl sites for hydroxylation is 1. The van der Waals surface area contributed by atoms with Crippen molar-refractivity contribution in [2.24, 2.45) is 0 Å². The van der Waals surface area contributed by atoms with Crippen molar-refractivity contribution in [1.82, 2.24) is 19.9 Å². The highest BCUT2D eigenvalue weighted by Crippen LogP contribution is 2.42. The highest BCUT2D eigenvalue weighted by molar-refractivity contribution is 5.88. The van der Waals surface area contributed by atoms with Gasteiger partial charge in [0.25, 0.3) is 0 Å². The monoisotopic (exact) mass is 419 g/mol. The standard InChI is InChI=1S/C24H29N5O2/c1-14-3-6-17-21(9-14)31-12-20(29-7-8-30-15(2)11-29)22(17)28-24-18-10-19(16-4-5-16)27-23(18)25-13-26-24/h3,6,9-10,13,15-16,20,22H,4-5,7-8,11-12H2,1-2H3,(H2,25,26,27,28)/t15-,20+,22+/m0/s1. The molecule has 3 atom stereocenters. The first-order chi connectivity index (χ1) is 15.2. The van der Waals surface area contributed by atoms with Crippen molar-refractivity contribution in [2.45, 2.75) is 50.8 Å². The Morgan fingerprint density at radius 3 is 2.94 bits per heavy atom. The van der Waals surface area contributed by atoms with E-state index in [-0.39, 0.29) is 18.2 Å². The highest BCUT2D eigenvalue weighted by atomic mass is 16.5. The maximum atomic E-state index is 6.24. The summed E-state index contributed by atoms with van der Waals surface area (Å²) in [6.45, 7) is 7.47. The molecular formula is C24H29N5O2. The summed E-state index contributed by atoms with van der Waals surface area (Å²) in [6.07, 6.45) is 4.39. The number of hydrogen-bond acceptors (Lipinski definition) is 6. The molecule has 0 bridgehead atoms. The fraction of sp³-hybridized carbons (Fsp3) is 0.500. The van der Waals surface area contributed by atoms with Crippen LogP contribution in [0.1, 0.15) is 48.5 Å².